The van der Waals surface area contributed by atoms with Crippen LogP contribution in [0.4, 0.5) is 11.4 Å². The first kappa shape index (κ1) is 49.2. The Morgan fingerprint density at radius 2 is 1.31 bits per heavy atom. The Morgan fingerprint density at radius 1 is 0.738 bits per heavy atom. The number of quaternary nitrogens is 2. The van der Waals surface area contributed by atoms with Crippen molar-refractivity contribution >= 4 is 42.6 Å². The highest BCUT2D eigenvalue weighted by Crippen LogP contribution is 2.47. The van der Waals surface area contributed by atoms with Gasteiger partial charge in [0, 0.05) is 77.8 Å². The minimum Gasteiger partial charge on any atom is -0.491 e. The number of rotatable bonds is 25. The average Bonchev–Trinajstić information content (AvgIpc) is 3.15. The minimum absolute atomic E-state index is 0.126. The number of hydrogen-bond donors (Lipinski definition) is 2. The molecule has 18 nitrogen and oxygen atoms in total. The van der Waals surface area contributed by atoms with Crippen molar-refractivity contribution in [3.63, 3.8) is 0 Å². The lowest BCUT2D eigenvalue weighted by molar-refractivity contribution is -0.890. The van der Waals surface area contributed by atoms with E-state index in [4.69, 9.17) is 32.5 Å². The molecule has 336 valence electrons. The van der Waals surface area contributed by atoms with Gasteiger partial charge in [0.15, 0.2) is 0 Å². The van der Waals surface area contributed by atoms with Crippen LogP contribution in [0.3, 0.4) is 0 Å². The number of likely N-dealkylation sites (N-methyl/N-ethyl adjacent to an activating group) is 2. The molecule has 0 unspecified atom stereocenters. The van der Waals surface area contributed by atoms with E-state index in [0.717, 1.165) is 27.6 Å². The summed E-state index contributed by atoms with van der Waals surface area (Å²) in [6.45, 7) is 3.80. The number of fused-ring (bicyclic) bond motifs is 2. The van der Waals surface area contributed by atoms with E-state index in [-0.39, 0.29) is 49.4 Å². The lowest BCUT2D eigenvalue weighted by Gasteiger charge is -2.29. The van der Waals surface area contributed by atoms with Gasteiger partial charge in [0.1, 0.15) is 63.2 Å². The van der Waals surface area contributed by atoms with E-state index < -0.39 is 20.2 Å². The molecule has 0 spiro atoms. The second-order valence-electron chi connectivity index (χ2n) is 16.6. The topological polar surface area (TPSA) is 214 Å². The molecular weight excluding hydrogens is 831 g/mol. The number of ether oxygens (including phenoxy) is 4. The molecule has 0 saturated heterocycles. The second kappa shape index (κ2) is 21.5. The fourth-order valence-electron chi connectivity index (χ4n) is 6.64. The molecule has 2 aromatic rings. The number of hydrogen-bond acceptors (Lipinski definition) is 11. The molecule has 1 aliphatic heterocycles. The third-order valence-corrected chi connectivity index (χ3v) is 11.8. The zero-order valence-electron chi connectivity index (χ0n) is 36.5. The zero-order chi connectivity index (χ0) is 45.0. The van der Waals surface area contributed by atoms with Crippen LogP contribution in [0.25, 0.3) is 43.9 Å². The molecule has 1 heterocycles. The second-order valence-corrected chi connectivity index (χ2v) is 19.7. The van der Waals surface area contributed by atoms with Gasteiger partial charge in [-0.1, -0.05) is 5.11 Å². The summed E-state index contributed by atoms with van der Waals surface area (Å²) in [5, 5.41) is 5.77. The molecule has 0 saturated carbocycles. The molecule has 20 heteroatoms. The fraction of sp³-hybridized carbons (Fsp3) is 0.537. The van der Waals surface area contributed by atoms with Crippen LogP contribution in [0.2, 0.25) is 0 Å². The van der Waals surface area contributed by atoms with Gasteiger partial charge in [-0.2, -0.15) is 16.8 Å². The fourth-order valence-corrected chi connectivity index (χ4v) is 7.63. The predicted molar refractivity (Wildman–Crippen MR) is 237 cm³/mol. The van der Waals surface area contributed by atoms with Gasteiger partial charge in [0.25, 0.3) is 20.2 Å². The Bertz CT molecular complexity index is 2430. The summed E-state index contributed by atoms with van der Waals surface area (Å²) in [6.07, 6.45) is 0.642. The molecular formula is C41H62N7O11S2+3. The summed E-state index contributed by atoms with van der Waals surface area (Å²) in [5.41, 5.74) is 13.8. The average molecular weight is 893 g/mol. The highest BCUT2D eigenvalue weighted by atomic mass is 32.2. The lowest BCUT2D eigenvalue weighted by atomic mass is 9.92. The Balaban J connectivity index is 1.64. The van der Waals surface area contributed by atoms with Crippen LogP contribution in [0, 0.1) is 0 Å². The number of nitrogens with zero attached hydrogens (tertiary/aromatic N) is 7. The Hall–Kier alpha value is -4.50. The van der Waals surface area contributed by atoms with Crippen molar-refractivity contribution in [1.29, 1.82) is 0 Å². The molecule has 0 bridgehead atoms. The summed E-state index contributed by atoms with van der Waals surface area (Å²) in [5.74, 6) is 0.781. The van der Waals surface area contributed by atoms with Crippen molar-refractivity contribution in [2.45, 2.75) is 12.8 Å². The predicted octanol–water partition coefficient (Wildman–Crippen LogP) is 4.74. The summed E-state index contributed by atoms with van der Waals surface area (Å²) >= 11 is 0. The highest BCUT2D eigenvalue weighted by molar-refractivity contribution is 7.86. The van der Waals surface area contributed by atoms with E-state index in [9.17, 15) is 22.4 Å². The maximum atomic E-state index is 11.2. The largest absolute Gasteiger partial charge is 0.491 e. The SMILES string of the molecule is CN(C)c1ccc2c(-c3cc(N=[N+]=[N-])c(OCCOCC[N+](C)(C)CCCS(=O)(=O)O)cc3OCCOCC[N+](C)(C)CCCS(=O)(=O)O)c3ccc(=[N+](C)C)cc-3oc2c1. The molecule has 0 atom stereocenters. The summed E-state index contributed by atoms with van der Waals surface area (Å²) in [7, 11) is 7.64. The van der Waals surface area contributed by atoms with E-state index >= 15 is 0 Å². The standard InChI is InChI=1S/C41H60N7O11S2/c1-45(2)31-11-13-33-38(27-31)59-39-28-32(46(3)4)12-14-34(39)41(33)35-29-36(43-44-42)40(58-24-22-56-20-18-48(7,8)16-10-26-61(52,53)54)30-37(35)57-23-21-55-19-17-47(5,6)15-9-25-60(49,50)51/h11-14,27-30H,9-10,15-26H2,1-8H3/q+1/p+2. The Morgan fingerprint density at radius 3 is 1.84 bits per heavy atom. The molecule has 0 radical (unpaired) electrons. The van der Waals surface area contributed by atoms with Gasteiger partial charge >= 0.3 is 0 Å². The van der Waals surface area contributed by atoms with E-state index in [0.29, 0.717) is 83.9 Å². The van der Waals surface area contributed by atoms with Gasteiger partial charge < -0.3 is 37.2 Å². The molecule has 1 aliphatic carbocycles. The first-order valence-corrected chi connectivity index (χ1v) is 23.2. The Labute approximate surface area is 359 Å². The zero-order valence-corrected chi connectivity index (χ0v) is 38.2. The first-order valence-electron chi connectivity index (χ1n) is 20.0. The van der Waals surface area contributed by atoms with Crippen molar-refractivity contribution < 1.29 is 58.3 Å². The van der Waals surface area contributed by atoms with Crippen molar-refractivity contribution in [2.24, 2.45) is 5.11 Å². The third kappa shape index (κ3) is 15.7. The molecule has 4 rings (SSSR count). The van der Waals surface area contributed by atoms with Gasteiger partial charge in [-0.25, -0.2) is 4.58 Å². The molecule has 2 N–H and O–H groups in total. The number of anilines is 1. The van der Waals surface area contributed by atoms with Crippen LogP contribution in [-0.4, -0.2) is 169 Å². The van der Waals surface area contributed by atoms with E-state index in [1.54, 1.807) is 12.1 Å². The van der Waals surface area contributed by atoms with E-state index in [1.807, 2.05) is 102 Å². The number of azide groups is 1. The summed E-state index contributed by atoms with van der Waals surface area (Å²) < 4.78 is 96.8. The van der Waals surface area contributed by atoms with Crippen LogP contribution in [0.1, 0.15) is 12.8 Å². The molecule has 0 amide bonds. The van der Waals surface area contributed by atoms with E-state index in [1.165, 1.54) is 0 Å². The normalized spacial score (nSPS) is 12.4. The summed E-state index contributed by atoms with van der Waals surface area (Å²) in [6, 6.07) is 15.4. The maximum Gasteiger partial charge on any atom is 0.265 e. The lowest BCUT2D eigenvalue weighted by Crippen LogP contribution is -2.43. The van der Waals surface area contributed by atoms with Crippen molar-refractivity contribution in [1.82, 2.24) is 4.58 Å². The van der Waals surface area contributed by atoms with Crippen LogP contribution in [0.5, 0.6) is 11.5 Å². The van der Waals surface area contributed by atoms with Gasteiger partial charge in [-0.15, -0.1) is 0 Å². The third-order valence-electron chi connectivity index (χ3n) is 10.2. The van der Waals surface area contributed by atoms with Crippen LogP contribution >= 0.6 is 0 Å². The van der Waals surface area contributed by atoms with Gasteiger partial charge in [-0.3, -0.25) is 9.11 Å². The molecule has 0 aromatic heterocycles. The van der Waals surface area contributed by atoms with Crippen LogP contribution in [0.15, 0.2) is 58.1 Å². The van der Waals surface area contributed by atoms with Crippen molar-refractivity contribution in [2.75, 3.05) is 139 Å². The van der Waals surface area contributed by atoms with Gasteiger partial charge in [0.2, 0.25) is 5.36 Å². The van der Waals surface area contributed by atoms with Crippen LogP contribution in [-0.2, 0) is 29.7 Å². The quantitative estimate of drug-likeness (QED) is 0.0135. The smallest absolute Gasteiger partial charge is 0.265 e. The minimum atomic E-state index is -4.02. The molecule has 61 heavy (non-hydrogen) atoms. The van der Waals surface area contributed by atoms with Gasteiger partial charge in [-0.05, 0) is 29.8 Å². The number of benzene rings is 3. The van der Waals surface area contributed by atoms with Crippen LogP contribution < -0.4 is 24.3 Å². The monoisotopic (exact) mass is 892 g/mol. The van der Waals surface area contributed by atoms with Crippen molar-refractivity contribution in [3.05, 3.63) is 64.3 Å². The Kier molecular flexibility index (Phi) is 17.4. The van der Waals surface area contributed by atoms with E-state index in [2.05, 4.69) is 10.0 Å². The van der Waals surface area contributed by atoms with Gasteiger partial charge in [0.05, 0.1) is 91.0 Å². The first-order chi connectivity index (χ1) is 28.6. The highest BCUT2D eigenvalue weighted by Gasteiger charge is 2.24. The molecule has 2 aromatic carbocycles. The summed E-state index contributed by atoms with van der Waals surface area (Å²) in [4.78, 5) is 5.11. The molecule has 2 aliphatic rings. The molecule has 0 fully saturated rings. The van der Waals surface area contributed by atoms with Crippen molar-refractivity contribution in [3.8, 4) is 33.9 Å². The maximum absolute atomic E-state index is 11.2.